The lowest BCUT2D eigenvalue weighted by Crippen LogP contribution is -2.28. The fourth-order valence-corrected chi connectivity index (χ4v) is 5.48. The van der Waals surface area contributed by atoms with E-state index in [9.17, 15) is 22.8 Å². The van der Waals surface area contributed by atoms with Crippen molar-refractivity contribution in [3.8, 4) is 0 Å². The van der Waals surface area contributed by atoms with Gasteiger partial charge >= 0.3 is 5.97 Å². The van der Waals surface area contributed by atoms with Gasteiger partial charge in [-0.3, -0.25) is 14.4 Å². The van der Waals surface area contributed by atoms with Gasteiger partial charge in [-0.25, -0.2) is 8.42 Å². The van der Waals surface area contributed by atoms with E-state index in [1.807, 2.05) is 6.07 Å². The van der Waals surface area contributed by atoms with Crippen molar-refractivity contribution < 1.29 is 27.5 Å². The molecule has 0 spiro atoms. The van der Waals surface area contributed by atoms with Crippen molar-refractivity contribution >= 4 is 33.4 Å². The number of amides is 1. The normalized spacial score (nSPS) is 16.2. The summed E-state index contributed by atoms with van der Waals surface area (Å²) in [6, 6.07) is 12.7. The Balaban J connectivity index is 1.28. The molecule has 2 heterocycles. The van der Waals surface area contributed by atoms with Gasteiger partial charge in [-0.15, -0.1) is 0 Å². The quantitative estimate of drug-likeness (QED) is 0.436. The first kappa shape index (κ1) is 22.9. The maximum Gasteiger partial charge on any atom is 0.308 e. The highest BCUT2D eigenvalue weighted by atomic mass is 32.2. The summed E-state index contributed by atoms with van der Waals surface area (Å²) in [6.45, 7) is 4.56. The number of hydrogen-bond acceptors (Lipinski definition) is 6. The average Bonchev–Trinajstić information content (AvgIpc) is 3.45. The molecule has 0 aromatic heterocycles. The largest absolute Gasteiger partial charge is 0.457 e. The second-order valence-corrected chi connectivity index (χ2v) is 9.86. The standard InChI is InChI=1S/C24H24N2O6S/c1-17-20-6-2-3-7-21(20)24(29)26(17)15-12-23(28)32-16-22(27)18-8-10-19(11-9-18)33(30,31)25-13-4-5-14-25/h2-3,6-11H,1,4-5,12-16H2. The van der Waals surface area contributed by atoms with Gasteiger partial charge in [-0.1, -0.05) is 24.8 Å². The molecule has 2 aromatic carbocycles. The first-order chi connectivity index (χ1) is 15.8. The second-order valence-electron chi connectivity index (χ2n) is 7.92. The molecule has 1 amide bonds. The molecule has 2 aliphatic heterocycles. The van der Waals surface area contributed by atoms with Crippen molar-refractivity contribution in [1.29, 1.82) is 0 Å². The van der Waals surface area contributed by atoms with E-state index in [2.05, 4.69) is 6.58 Å². The van der Waals surface area contributed by atoms with Crippen LogP contribution >= 0.6 is 0 Å². The molecule has 0 N–H and O–H groups in total. The minimum Gasteiger partial charge on any atom is -0.457 e. The molecule has 9 heteroatoms. The van der Waals surface area contributed by atoms with Gasteiger partial charge in [0.2, 0.25) is 10.0 Å². The minimum atomic E-state index is -3.55. The van der Waals surface area contributed by atoms with Crippen molar-refractivity contribution in [2.75, 3.05) is 26.2 Å². The Hall–Kier alpha value is -3.30. The van der Waals surface area contributed by atoms with Crippen LogP contribution in [0.25, 0.3) is 5.70 Å². The lowest BCUT2D eigenvalue weighted by atomic mass is 10.1. The number of esters is 1. The van der Waals surface area contributed by atoms with E-state index in [0.29, 0.717) is 24.4 Å². The Morgan fingerprint density at radius 1 is 0.970 bits per heavy atom. The van der Waals surface area contributed by atoms with Gasteiger partial charge in [0, 0.05) is 42.0 Å². The number of nitrogens with zero attached hydrogens (tertiary/aromatic N) is 2. The highest BCUT2D eigenvalue weighted by Gasteiger charge is 2.31. The van der Waals surface area contributed by atoms with Crippen LogP contribution in [0.3, 0.4) is 0 Å². The molecule has 8 nitrogen and oxygen atoms in total. The second kappa shape index (κ2) is 9.29. The Kier molecular flexibility index (Phi) is 6.44. The molecule has 0 aliphatic carbocycles. The zero-order chi connectivity index (χ0) is 23.6. The molecule has 33 heavy (non-hydrogen) atoms. The van der Waals surface area contributed by atoms with E-state index >= 15 is 0 Å². The molecular formula is C24H24N2O6S. The molecule has 0 saturated carbocycles. The van der Waals surface area contributed by atoms with E-state index in [-0.39, 0.29) is 29.3 Å². The van der Waals surface area contributed by atoms with Gasteiger partial charge in [-0.05, 0) is 43.2 Å². The lowest BCUT2D eigenvalue weighted by molar-refractivity contribution is -0.142. The predicted octanol–water partition coefficient (Wildman–Crippen LogP) is 2.71. The first-order valence-corrected chi connectivity index (χ1v) is 12.1. The lowest BCUT2D eigenvalue weighted by Gasteiger charge is -2.16. The van der Waals surface area contributed by atoms with Gasteiger partial charge in [0.25, 0.3) is 5.91 Å². The van der Waals surface area contributed by atoms with Crippen LogP contribution in [0.5, 0.6) is 0 Å². The van der Waals surface area contributed by atoms with E-state index in [0.717, 1.165) is 18.4 Å². The third-order valence-electron chi connectivity index (χ3n) is 5.82. The molecule has 172 valence electrons. The molecule has 2 aliphatic rings. The maximum atomic E-state index is 12.6. The molecule has 0 bridgehead atoms. The van der Waals surface area contributed by atoms with Crippen LogP contribution in [0, 0.1) is 0 Å². The van der Waals surface area contributed by atoms with Gasteiger partial charge in [-0.2, -0.15) is 4.31 Å². The Morgan fingerprint density at radius 2 is 1.61 bits per heavy atom. The van der Waals surface area contributed by atoms with Crippen LogP contribution < -0.4 is 0 Å². The summed E-state index contributed by atoms with van der Waals surface area (Å²) in [5.74, 6) is -1.28. The number of hydrogen-bond donors (Lipinski definition) is 0. The summed E-state index contributed by atoms with van der Waals surface area (Å²) < 4.78 is 31.6. The number of ether oxygens (including phenoxy) is 1. The number of Topliss-reactive ketones (excluding diaryl/α,β-unsaturated/α-hetero) is 1. The number of rotatable bonds is 8. The summed E-state index contributed by atoms with van der Waals surface area (Å²) in [4.78, 5) is 38.5. The molecule has 2 aromatic rings. The van der Waals surface area contributed by atoms with Crippen LogP contribution in [0.15, 0.2) is 60.0 Å². The van der Waals surface area contributed by atoms with Crippen molar-refractivity contribution in [2.24, 2.45) is 0 Å². The Labute approximate surface area is 192 Å². The van der Waals surface area contributed by atoms with Crippen LogP contribution in [0.4, 0.5) is 0 Å². The SMILES string of the molecule is C=C1c2ccccc2C(=O)N1CCC(=O)OCC(=O)c1ccc(S(=O)(=O)N2CCCC2)cc1. The van der Waals surface area contributed by atoms with Gasteiger partial charge < -0.3 is 9.64 Å². The summed E-state index contributed by atoms with van der Waals surface area (Å²) in [5.41, 5.74) is 2.06. The van der Waals surface area contributed by atoms with Crippen molar-refractivity contribution in [1.82, 2.24) is 9.21 Å². The summed E-state index contributed by atoms with van der Waals surface area (Å²) in [6.07, 6.45) is 1.60. The van der Waals surface area contributed by atoms with Crippen molar-refractivity contribution in [2.45, 2.75) is 24.2 Å². The molecule has 0 radical (unpaired) electrons. The number of ketones is 1. The van der Waals surface area contributed by atoms with E-state index < -0.39 is 28.4 Å². The van der Waals surface area contributed by atoms with Crippen LogP contribution in [-0.2, 0) is 19.6 Å². The van der Waals surface area contributed by atoms with Gasteiger partial charge in [0.15, 0.2) is 12.4 Å². The summed E-state index contributed by atoms with van der Waals surface area (Å²) in [7, 11) is -3.55. The number of carbonyl (C=O) groups is 3. The third kappa shape index (κ3) is 4.60. The number of carbonyl (C=O) groups excluding carboxylic acids is 3. The maximum absolute atomic E-state index is 12.6. The van der Waals surface area contributed by atoms with Crippen molar-refractivity contribution in [3.05, 3.63) is 71.8 Å². The Bertz CT molecular complexity index is 1180. The number of fused-ring (bicyclic) bond motifs is 1. The molecule has 1 saturated heterocycles. The monoisotopic (exact) mass is 468 g/mol. The minimum absolute atomic E-state index is 0.0843. The van der Waals surface area contributed by atoms with Gasteiger partial charge in [0.05, 0.1) is 11.3 Å². The molecule has 1 fully saturated rings. The molecule has 0 unspecified atom stereocenters. The van der Waals surface area contributed by atoms with Crippen LogP contribution in [-0.4, -0.2) is 61.5 Å². The highest BCUT2D eigenvalue weighted by molar-refractivity contribution is 7.89. The average molecular weight is 469 g/mol. The van der Waals surface area contributed by atoms with Crippen LogP contribution in [0.1, 0.15) is 45.5 Å². The number of benzene rings is 2. The fraction of sp³-hybridized carbons (Fsp3) is 0.292. The third-order valence-corrected chi connectivity index (χ3v) is 7.74. The number of sulfonamides is 1. The van der Waals surface area contributed by atoms with E-state index in [1.54, 1.807) is 18.2 Å². The Morgan fingerprint density at radius 3 is 2.24 bits per heavy atom. The topological polar surface area (TPSA) is 101 Å². The van der Waals surface area contributed by atoms with E-state index in [1.165, 1.54) is 33.5 Å². The molecular weight excluding hydrogens is 444 g/mol. The smallest absolute Gasteiger partial charge is 0.308 e. The zero-order valence-corrected chi connectivity index (χ0v) is 18.8. The first-order valence-electron chi connectivity index (χ1n) is 10.7. The van der Waals surface area contributed by atoms with Gasteiger partial charge in [0.1, 0.15) is 0 Å². The highest BCUT2D eigenvalue weighted by Crippen LogP contribution is 2.31. The summed E-state index contributed by atoms with van der Waals surface area (Å²) >= 11 is 0. The molecule has 0 atom stereocenters. The summed E-state index contributed by atoms with van der Waals surface area (Å²) in [5, 5.41) is 0. The predicted molar refractivity (Wildman–Crippen MR) is 121 cm³/mol. The van der Waals surface area contributed by atoms with Crippen molar-refractivity contribution in [3.63, 3.8) is 0 Å². The fourth-order valence-electron chi connectivity index (χ4n) is 3.97. The van der Waals surface area contributed by atoms with E-state index in [4.69, 9.17) is 4.74 Å². The van der Waals surface area contributed by atoms with Crippen LogP contribution in [0.2, 0.25) is 0 Å². The molecule has 4 rings (SSSR count). The zero-order valence-electron chi connectivity index (χ0n) is 18.0.